The highest BCUT2D eigenvalue weighted by molar-refractivity contribution is 8.18. The number of nitrogens with zero attached hydrogens (tertiary/aromatic N) is 1. The van der Waals surface area contributed by atoms with Gasteiger partial charge in [-0.2, -0.15) is 0 Å². The molecule has 3 amide bonds. The summed E-state index contributed by atoms with van der Waals surface area (Å²) in [5.41, 5.74) is 0.897. The number of unbranched alkanes of at least 4 members (excludes halogenated alkanes) is 1. The van der Waals surface area contributed by atoms with E-state index in [0.717, 1.165) is 11.3 Å². The van der Waals surface area contributed by atoms with Gasteiger partial charge in [0.1, 0.15) is 6.54 Å². The van der Waals surface area contributed by atoms with Gasteiger partial charge in [-0.3, -0.25) is 19.3 Å². The topological polar surface area (TPSA) is 122 Å². The van der Waals surface area contributed by atoms with E-state index in [1.807, 2.05) is 6.92 Å². The third-order valence-corrected chi connectivity index (χ3v) is 6.11. The molecule has 0 saturated carbocycles. The number of rotatable bonds is 9. The monoisotopic (exact) mass is 518 g/mol. The quantitative estimate of drug-likeness (QED) is 0.278. The van der Waals surface area contributed by atoms with Crippen molar-refractivity contribution in [1.82, 2.24) is 4.90 Å². The Bertz CT molecular complexity index is 1200. The average Bonchev–Trinajstić information content (AvgIpc) is 3.08. The van der Waals surface area contributed by atoms with Crippen LogP contribution >= 0.6 is 23.4 Å². The van der Waals surface area contributed by atoms with E-state index in [1.165, 1.54) is 43.5 Å². The molecule has 11 heteroatoms. The van der Waals surface area contributed by atoms with Crippen LogP contribution in [0.5, 0.6) is 11.5 Å². The molecule has 35 heavy (non-hydrogen) atoms. The number of aromatic hydroxyl groups is 1. The van der Waals surface area contributed by atoms with Crippen molar-refractivity contribution in [2.45, 2.75) is 19.8 Å². The fraction of sp³-hybridized carbons (Fsp3) is 0.250. The first-order valence-electron chi connectivity index (χ1n) is 10.6. The lowest BCUT2D eigenvalue weighted by atomic mass is 10.2. The van der Waals surface area contributed by atoms with Gasteiger partial charge in [-0.05, 0) is 60.2 Å². The van der Waals surface area contributed by atoms with E-state index in [9.17, 15) is 24.3 Å². The molecule has 9 nitrogen and oxygen atoms in total. The van der Waals surface area contributed by atoms with E-state index >= 15 is 0 Å². The zero-order valence-corrected chi connectivity index (χ0v) is 20.6. The SMILES string of the molecule is CCCCOC(=O)c1cc(NC(=O)CN2C(=O)S/C(=C/c3ccc(O)c(OC)c3)C2=O)ccc1Cl. The lowest BCUT2D eigenvalue weighted by molar-refractivity contribution is -0.127. The van der Waals surface area contributed by atoms with Gasteiger partial charge in [-0.25, -0.2) is 4.79 Å². The number of imide groups is 1. The van der Waals surface area contributed by atoms with Crippen LogP contribution < -0.4 is 10.1 Å². The fourth-order valence-electron chi connectivity index (χ4n) is 3.06. The van der Waals surface area contributed by atoms with E-state index in [2.05, 4.69) is 5.32 Å². The maximum atomic E-state index is 12.7. The summed E-state index contributed by atoms with van der Waals surface area (Å²) in [4.78, 5) is 50.8. The zero-order chi connectivity index (χ0) is 25.5. The summed E-state index contributed by atoms with van der Waals surface area (Å²) in [6.07, 6.45) is 3.05. The smallest absolute Gasteiger partial charge is 0.339 e. The molecule has 184 valence electrons. The van der Waals surface area contributed by atoms with Crippen LogP contribution in [-0.2, 0) is 14.3 Å². The highest BCUT2D eigenvalue weighted by Gasteiger charge is 2.36. The summed E-state index contributed by atoms with van der Waals surface area (Å²) in [6.45, 7) is 1.71. The van der Waals surface area contributed by atoms with Gasteiger partial charge in [-0.1, -0.05) is 31.0 Å². The zero-order valence-electron chi connectivity index (χ0n) is 19.0. The predicted molar refractivity (Wildman–Crippen MR) is 133 cm³/mol. The van der Waals surface area contributed by atoms with Gasteiger partial charge in [0, 0.05) is 5.69 Å². The maximum absolute atomic E-state index is 12.7. The molecule has 2 N–H and O–H groups in total. The number of nitrogens with one attached hydrogen (secondary N) is 1. The summed E-state index contributed by atoms with van der Waals surface area (Å²) >= 11 is 6.78. The number of methoxy groups -OCH3 is 1. The number of phenolic OH excluding ortho intramolecular Hbond substituents is 1. The summed E-state index contributed by atoms with van der Waals surface area (Å²) in [5, 5.41) is 11.8. The van der Waals surface area contributed by atoms with Crippen LogP contribution in [0.2, 0.25) is 5.02 Å². The molecule has 0 aliphatic carbocycles. The number of phenols is 1. The molecule has 1 heterocycles. The molecule has 2 aromatic rings. The highest BCUT2D eigenvalue weighted by atomic mass is 35.5. The number of carbonyl (C=O) groups is 4. The van der Waals surface area contributed by atoms with Gasteiger partial charge in [0.05, 0.1) is 29.2 Å². The molecule has 0 spiro atoms. The highest BCUT2D eigenvalue weighted by Crippen LogP contribution is 2.34. The number of esters is 1. The molecule has 1 aliphatic heterocycles. The standard InChI is InChI=1S/C24H23ClN2O7S/c1-3-4-9-34-23(31)16-12-15(6-7-17(16)25)26-21(29)13-27-22(30)20(35-24(27)32)11-14-5-8-18(28)19(10-14)33-2/h5-8,10-12,28H,3-4,9,13H2,1-2H3,(H,26,29)/b20-11+. The number of amides is 3. The Labute approximate surface area is 211 Å². The van der Waals surface area contributed by atoms with Crippen molar-refractivity contribution in [3.05, 3.63) is 57.5 Å². The Morgan fingerprint density at radius 2 is 1.97 bits per heavy atom. The Kier molecular flexibility index (Phi) is 8.78. The number of thioether (sulfide) groups is 1. The predicted octanol–water partition coefficient (Wildman–Crippen LogP) is 4.69. The minimum atomic E-state index is -0.632. The lowest BCUT2D eigenvalue weighted by Gasteiger charge is -2.13. The second-order valence-corrected chi connectivity index (χ2v) is 8.83. The molecule has 0 radical (unpaired) electrons. The molecule has 0 bridgehead atoms. The fourth-order valence-corrected chi connectivity index (χ4v) is 4.10. The van der Waals surface area contributed by atoms with Gasteiger partial charge in [0.25, 0.3) is 11.1 Å². The van der Waals surface area contributed by atoms with Crippen LogP contribution in [0.3, 0.4) is 0 Å². The van der Waals surface area contributed by atoms with Crippen LogP contribution in [0.25, 0.3) is 6.08 Å². The van der Waals surface area contributed by atoms with Crippen molar-refractivity contribution in [1.29, 1.82) is 0 Å². The third kappa shape index (κ3) is 6.55. The molecular formula is C24H23ClN2O7S. The molecule has 0 atom stereocenters. The Hall–Kier alpha value is -3.50. The summed E-state index contributed by atoms with van der Waals surface area (Å²) in [7, 11) is 1.39. The molecule has 1 aliphatic rings. The third-order valence-electron chi connectivity index (χ3n) is 4.88. The van der Waals surface area contributed by atoms with E-state index in [0.29, 0.717) is 23.7 Å². The Morgan fingerprint density at radius 3 is 2.69 bits per heavy atom. The molecule has 0 aromatic heterocycles. The van der Waals surface area contributed by atoms with Crippen molar-refractivity contribution in [2.75, 3.05) is 25.6 Å². The van der Waals surface area contributed by atoms with Gasteiger partial charge < -0.3 is 19.9 Å². The number of anilines is 1. The first-order valence-corrected chi connectivity index (χ1v) is 11.8. The number of ether oxygens (including phenoxy) is 2. The Balaban J connectivity index is 1.67. The van der Waals surface area contributed by atoms with Crippen LogP contribution in [0.4, 0.5) is 10.5 Å². The molecule has 2 aromatic carbocycles. The molecule has 1 saturated heterocycles. The van der Waals surface area contributed by atoms with E-state index in [-0.39, 0.29) is 39.3 Å². The molecular weight excluding hydrogens is 496 g/mol. The summed E-state index contributed by atoms with van der Waals surface area (Å²) < 4.78 is 10.2. The largest absolute Gasteiger partial charge is 0.504 e. The van der Waals surface area contributed by atoms with Crippen molar-refractivity contribution in [2.24, 2.45) is 0 Å². The second-order valence-electron chi connectivity index (χ2n) is 7.43. The van der Waals surface area contributed by atoms with Crippen LogP contribution in [0, 0.1) is 0 Å². The van der Waals surface area contributed by atoms with Crippen molar-refractivity contribution in [3.8, 4) is 11.5 Å². The minimum absolute atomic E-state index is 0.0611. The van der Waals surface area contributed by atoms with E-state index in [4.69, 9.17) is 21.1 Å². The molecule has 3 rings (SSSR count). The number of hydrogen-bond donors (Lipinski definition) is 2. The molecule has 0 unspecified atom stereocenters. The number of halogens is 1. The Morgan fingerprint density at radius 1 is 1.20 bits per heavy atom. The van der Waals surface area contributed by atoms with Crippen LogP contribution in [-0.4, -0.2) is 53.3 Å². The average molecular weight is 519 g/mol. The summed E-state index contributed by atoms with van der Waals surface area (Å²) in [5.74, 6) is -1.71. The summed E-state index contributed by atoms with van der Waals surface area (Å²) in [6, 6.07) is 8.80. The first kappa shape index (κ1) is 26.1. The van der Waals surface area contributed by atoms with Crippen LogP contribution in [0.1, 0.15) is 35.7 Å². The number of hydrogen-bond acceptors (Lipinski definition) is 8. The molecule has 1 fully saturated rings. The van der Waals surface area contributed by atoms with E-state index < -0.39 is 29.6 Å². The first-order chi connectivity index (χ1) is 16.7. The van der Waals surface area contributed by atoms with Crippen molar-refractivity contribution < 1.29 is 33.8 Å². The maximum Gasteiger partial charge on any atom is 0.339 e. The van der Waals surface area contributed by atoms with Crippen LogP contribution in [0.15, 0.2) is 41.3 Å². The lowest BCUT2D eigenvalue weighted by Crippen LogP contribution is -2.36. The van der Waals surface area contributed by atoms with Gasteiger partial charge >= 0.3 is 5.97 Å². The number of carbonyl (C=O) groups excluding carboxylic acids is 4. The van der Waals surface area contributed by atoms with Gasteiger partial charge in [-0.15, -0.1) is 0 Å². The minimum Gasteiger partial charge on any atom is -0.504 e. The van der Waals surface area contributed by atoms with Gasteiger partial charge in [0.15, 0.2) is 11.5 Å². The van der Waals surface area contributed by atoms with Crippen molar-refractivity contribution >= 4 is 58.1 Å². The van der Waals surface area contributed by atoms with E-state index in [1.54, 1.807) is 6.07 Å². The number of benzene rings is 2. The normalized spacial score (nSPS) is 14.4. The van der Waals surface area contributed by atoms with Gasteiger partial charge in [0.2, 0.25) is 5.91 Å². The second kappa shape index (κ2) is 11.8. The van der Waals surface area contributed by atoms with Crippen molar-refractivity contribution in [3.63, 3.8) is 0 Å².